The second-order valence-corrected chi connectivity index (χ2v) is 5.41. The van der Waals surface area contributed by atoms with Gasteiger partial charge in [-0.15, -0.1) is 0 Å². The zero-order valence-corrected chi connectivity index (χ0v) is 10.9. The number of carbonyl (C=O) groups is 1. The lowest BCUT2D eigenvalue weighted by atomic mass is 10.1. The molecule has 0 bridgehead atoms. The van der Waals surface area contributed by atoms with Gasteiger partial charge in [0.2, 0.25) is 0 Å². The van der Waals surface area contributed by atoms with Crippen molar-refractivity contribution < 1.29 is 9.53 Å². The van der Waals surface area contributed by atoms with Crippen LogP contribution in [0.3, 0.4) is 0 Å². The topological polar surface area (TPSA) is 41.6 Å². The number of amides is 1. The van der Waals surface area contributed by atoms with Crippen molar-refractivity contribution in [1.82, 2.24) is 10.2 Å². The van der Waals surface area contributed by atoms with Crippen LogP contribution in [-0.4, -0.2) is 42.8 Å². The van der Waals surface area contributed by atoms with Gasteiger partial charge in [-0.25, -0.2) is 4.79 Å². The van der Waals surface area contributed by atoms with Gasteiger partial charge >= 0.3 is 6.09 Å². The first-order chi connectivity index (χ1) is 7.42. The van der Waals surface area contributed by atoms with Gasteiger partial charge in [-0.2, -0.15) is 0 Å². The zero-order chi connectivity index (χ0) is 12.2. The summed E-state index contributed by atoms with van der Waals surface area (Å²) in [4.78, 5) is 13.7. The number of nitrogens with one attached hydrogen (secondary N) is 1. The summed E-state index contributed by atoms with van der Waals surface area (Å²) < 4.78 is 5.38. The molecule has 94 valence electrons. The highest BCUT2D eigenvalue weighted by atomic mass is 16.6. The number of nitrogens with zero attached hydrogens (tertiary/aromatic N) is 1. The van der Waals surface area contributed by atoms with E-state index >= 15 is 0 Å². The normalized spacial score (nSPS) is 22.8. The van der Waals surface area contributed by atoms with E-state index < -0.39 is 5.60 Å². The minimum Gasteiger partial charge on any atom is -0.444 e. The maximum Gasteiger partial charge on any atom is 0.410 e. The first kappa shape index (κ1) is 13.3. The third-order valence-electron chi connectivity index (χ3n) is 2.73. The Kier molecular flexibility index (Phi) is 4.59. The first-order valence-electron chi connectivity index (χ1n) is 6.07. The summed E-state index contributed by atoms with van der Waals surface area (Å²) in [6, 6.07) is 0.398. The van der Waals surface area contributed by atoms with E-state index in [4.69, 9.17) is 4.74 Å². The highest BCUT2D eigenvalue weighted by Gasteiger charge is 2.25. The van der Waals surface area contributed by atoms with E-state index in [1.54, 1.807) is 0 Å². The lowest BCUT2D eigenvalue weighted by molar-refractivity contribution is 0.0245. The van der Waals surface area contributed by atoms with Crippen molar-refractivity contribution in [2.75, 3.05) is 20.1 Å². The molecule has 0 spiro atoms. The monoisotopic (exact) mass is 228 g/mol. The molecule has 1 atom stereocenters. The summed E-state index contributed by atoms with van der Waals surface area (Å²) >= 11 is 0. The van der Waals surface area contributed by atoms with E-state index in [-0.39, 0.29) is 6.09 Å². The number of ether oxygens (including phenoxy) is 1. The van der Waals surface area contributed by atoms with E-state index in [1.807, 2.05) is 32.7 Å². The van der Waals surface area contributed by atoms with Crippen LogP contribution in [0.15, 0.2) is 0 Å². The van der Waals surface area contributed by atoms with Gasteiger partial charge in [0, 0.05) is 19.1 Å². The van der Waals surface area contributed by atoms with Crippen LogP contribution in [0.2, 0.25) is 0 Å². The van der Waals surface area contributed by atoms with Crippen LogP contribution >= 0.6 is 0 Å². The van der Waals surface area contributed by atoms with Crippen LogP contribution in [0.25, 0.3) is 0 Å². The summed E-state index contributed by atoms with van der Waals surface area (Å²) in [5, 5.41) is 3.24. The van der Waals surface area contributed by atoms with Crippen molar-refractivity contribution in [1.29, 1.82) is 0 Å². The minimum absolute atomic E-state index is 0.186. The molecule has 0 aromatic carbocycles. The van der Waals surface area contributed by atoms with E-state index in [9.17, 15) is 4.79 Å². The van der Waals surface area contributed by atoms with Crippen LogP contribution in [0.5, 0.6) is 0 Å². The fraction of sp³-hybridized carbons (Fsp3) is 0.917. The SMILES string of the molecule is CN[C@@H]1CCCCN(C(=O)OC(C)(C)C)C1. The van der Waals surface area contributed by atoms with E-state index in [0.717, 1.165) is 25.9 Å². The second kappa shape index (κ2) is 5.53. The predicted octanol–water partition coefficient (Wildman–Crippen LogP) is 2.00. The van der Waals surface area contributed by atoms with Crippen molar-refractivity contribution in [3.05, 3.63) is 0 Å². The molecule has 0 unspecified atom stereocenters. The number of likely N-dealkylation sites (N-methyl/N-ethyl adjacent to an activating group) is 1. The van der Waals surface area contributed by atoms with E-state index in [2.05, 4.69) is 5.32 Å². The second-order valence-electron chi connectivity index (χ2n) is 5.41. The Hall–Kier alpha value is -0.770. The molecular formula is C12H24N2O2. The third-order valence-corrected chi connectivity index (χ3v) is 2.73. The fourth-order valence-corrected chi connectivity index (χ4v) is 1.87. The van der Waals surface area contributed by atoms with Crippen LogP contribution in [0.1, 0.15) is 40.0 Å². The molecule has 1 aliphatic rings. The van der Waals surface area contributed by atoms with Gasteiger partial charge in [0.1, 0.15) is 5.60 Å². The van der Waals surface area contributed by atoms with Gasteiger partial charge in [0.05, 0.1) is 0 Å². The molecule has 1 saturated heterocycles. The fourth-order valence-electron chi connectivity index (χ4n) is 1.87. The van der Waals surface area contributed by atoms with Gasteiger partial charge in [-0.1, -0.05) is 6.42 Å². The van der Waals surface area contributed by atoms with Crippen LogP contribution < -0.4 is 5.32 Å². The summed E-state index contributed by atoms with van der Waals surface area (Å²) in [5.41, 5.74) is -0.404. The average Bonchev–Trinajstić information content (AvgIpc) is 2.39. The Morgan fingerprint density at radius 2 is 2.06 bits per heavy atom. The van der Waals surface area contributed by atoms with Gasteiger partial charge in [-0.05, 0) is 40.7 Å². The predicted molar refractivity (Wildman–Crippen MR) is 64.5 cm³/mol. The lowest BCUT2D eigenvalue weighted by Gasteiger charge is -2.28. The van der Waals surface area contributed by atoms with Crippen molar-refractivity contribution >= 4 is 6.09 Å². The zero-order valence-electron chi connectivity index (χ0n) is 10.9. The summed E-state index contributed by atoms with van der Waals surface area (Å²) in [6.07, 6.45) is 3.19. The summed E-state index contributed by atoms with van der Waals surface area (Å²) in [7, 11) is 1.95. The van der Waals surface area contributed by atoms with Gasteiger partial charge in [0.25, 0.3) is 0 Å². The highest BCUT2D eigenvalue weighted by Crippen LogP contribution is 2.15. The molecule has 1 N–H and O–H groups in total. The maximum absolute atomic E-state index is 11.9. The van der Waals surface area contributed by atoms with Gasteiger partial charge < -0.3 is 15.0 Å². The van der Waals surface area contributed by atoms with Crippen molar-refractivity contribution in [3.63, 3.8) is 0 Å². The van der Waals surface area contributed by atoms with Crippen molar-refractivity contribution in [2.24, 2.45) is 0 Å². The highest BCUT2D eigenvalue weighted by molar-refractivity contribution is 5.68. The molecular weight excluding hydrogens is 204 g/mol. The smallest absolute Gasteiger partial charge is 0.410 e. The molecule has 1 aliphatic heterocycles. The molecule has 0 aromatic rings. The number of rotatable bonds is 1. The Morgan fingerprint density at radius 1 is 1.38 bits per heavy atom. The average molecular weight is 228 g/mol. The molecule has 0 radical (unpaired) electrons. The van der Waals surface area contributed by atoms with Gasteiger partial charge in [0.15, 0.2) is 0 Å². The minimum atomic E-state index is -0.404. The molecule has 16 heavy (non-hydrogen) atoms. The van der Waals surface area contributed by atoms with Gasteiger partial charge in [-0.3, -0.25) is 0 Å². The van der Waals surface area contributed by atoms with E-state index in [0.29, 0.717) is 6.04 Å². The quantitative estimate of drug-likeness (QED) is 0.746. The molecule has 0 aliphatic carbocycles. The molecule has 4 nitrogen and oxygen atoms in total. The molecule has 1 amide bonds. The number of hydrogen-bond donors (Lipinski definition) is 1. The van der Waals surface area contributed by atoms with Crippen molar-refractivity contribution in [2.45, 2.75) is 51.7 Å². The molecule has 1 fully saturated rings. The molecule has 0 saturated carbocycles. The van der Waals surface area contributed by atoms with E-state index in [1.165, 1.54) is 6.42 Å². The Morgan fingerprint density at radius 3 is 2.62 bits per heavy atom. The standard InChI is InChI=1S/C12H24N2O2/c1-12(2,3)16-11(15)14-8-6-5-7-10(9-14)13-4/h10,13H,5-9H2,1-4H3/t10-/m1/s1. The molecule has 1 rings (SSSR count). The lowest BCUT2D eigenvalue weighted by Crippen LogP contribution is -2.43. The largest absolute Gasteiger partial charge is 0.444 e. The van der Waals surface area contributed by atoms with Crippen LogP contribution in [0.4, 0.5) is 4.79 Å². The molecule has 1 heterocycles. The number of carbonyl (C=O) groups excluding carboxylic acids is 1. The Balaban J connectivity index is 2.53. The molecule has 4 heteroatoms. The summed E-state index contributed by atoms with van der Waals surface area (Å²) in [6.45, 7) is 7.27. The summed E-state index contributed by atoms with van der Waals surface area (Å²) in [5.74, 6) is 0. The number of hydrogen-bond acceptors (Lipinski definition) is 3. The van der Waals surface area contributed by atoms with Crippen LogP contribution in [-0.2, 0) is 4.74 Å². The third kappa shape index (κ3) is 4.39. The Labute approximate surface area is 98.3 Å². The van der Waals surface area contributed by atoms with Crippen molar-refractivity contribution in [3.8, 4) is 0 Å². The molecule has 0 aromatic heterocycles. The first-order valence-corrected chi connectivity index (χ1v) is 6.07. The Bertz CT molecular complexity index is 236. The van der Waals surface area contributed by atoms with Crippen LogP contribution in [0, 0.1) is 0 Å². The maximum atomic E-state index is 11.9. The number of likely N-dealkylation sites (tertiary alicyclic amines) is 1.